The van der Waals surface area contributed by atoms with Crippen LogP contribution in [0.1, 0.15) is 30.1 Å². The predicted octanol–water partition coefficient (Wildman–Crippen LogP) is 2.90. The number of aromatic nitrogens is 3. The van der Waals surface area contributed by atoms with E-state index in [2.05, 4.69) is 51.6 Å². The van der Waals surface area contributed by atoms with E-state index >= 15 is 0 Å². The highest BCUT2D eigenvalue weighted by Crippen LogP contribution is 2.20. The second-order valence-electron chi connectivity index (χ2n) is 4.83. The highest BCUT2D eigenvalue weighted by atomic mass is 15.2. The number of H-pyrrole nitrogens is 1. The summed E-state index contributed by atoms with van der Waals surface area (Å²) in [4.78, 5) is 4.57. The van der Waals surface area contributed by atoms with Gasteiger partial charge in [-0.25, -0.2) is 4.98 Å². The highest BCUT2D eigenvalue weighted by Gasteiger charge is 2.13. The van der Waals surface area contributed by atoms with E-state index in [-0.39, 0.29) is 0 Å². The SMILES string of the molecule is C1=C[C@H](Cc2n[nH]c(Cc3ccccc3)n2)CC1. The number of nitrogens with one attached hydrogen (secondary N) is 1. The van der Waals surface area contributed by atoms with Gasteiger partial charge in [-0.2, -0.15) is 5.10 Å². The van der Waals surface area contributed by atoms with Crippen molar-refractivity contribution in [2.45, 2.75) is 25.7 Å². The van der Waals surface area contributed by atoms with Crippen molar-refractivity contribution in [1.82, 2.24) is 15.2 Å². The molecule has 1 aliphatic carbocycles. The van der Waals surface area contributed by atoms with Crippen LogP contribution in [0.15, 0.2) is 42.5 Å². The van der Waals surface area contributed by atoms with E-state index in [0.29, 0.717) is 5.92 Å². The molecule has 0 bridgehead atoms. The molecule has 3 nitrogen and oxygen atoms in total. The Kier molecular flexibility index (Phi) is 3.22. The van der Waals surface area contributed by atoms with Crippen molar-refractivity contribution in [1.29, 1.82) is 0 Å². The molecular formula is C15H17N3. The van der Waals surface area contributed by atoms with E-state index in [1.165, 1.54) is 18.4 Å². The standard InChI is InChI=1S/C15H17N3/c1-2-6-12(7-3-1)10-14-16-15(18-17-14)11-13-8-4-5-9-13/h1-4,6-8,13H,5,9-11H2,(H,16,17,18)/t13-/m0/s1. The Morgan fingerprint density at radius 3 is 2.89 bits per heavy atom. The van der Waals surface area contributed by atoms with Crippen LogP contribution in [0.4, 0.5) is 0 Å². The molecule has 1 aromatic heterocycles. The van der Waals surface area contributed by atoms with Gasteiger partial charge in [0.1, 0.15) is 5.82 Å². The summed E-state index contributed by atoms with van der Waals surface area (Å²) in [5, 5.41) is 7.35. The van der Waals surface area contributed by atoms with Gasteiger partial charge in [-0.1, -0.05) is 42.5 Å². The molecule has 0 amide bonds. The van der Waals surface area contributed by atoms with Gasteiger partial charge in [0.2, 0.25) is 0 Å². The molecule has 3 rings (SSSR count). The summed E-state index contributed by atoms with van der Waals surface area (Å²) >= 11 is 0. The Bertz CT molecular complexity index is 528. The van der Waals surface area contributed by atoms with Crippen molar-refractivity contribution in [3.8, 4) is 0 Å². The van der Waals surface area contributed by atoms with Crippen LogP contribution in [-0.2, 0) is 12.8 Å². The van der Waals surface area contributed by atoms with Gasteiger partial charge in [0, 0.05) is 12.8 Å². The second kappa shape index (κ2) is 5.17. The van der Waals surface area contributed by atoms with Crippen LogP contribution in [0.2, 0.25) is 0 Å². The number of hydrogen-bond acceptors (Lipinski definition) is 2. The molecule has 3 heteroatoms. The average Bonchev–Trinajstić information content (AvgIpc) is 3.03. The zero-order chi connectivity index (χ0) is 12.2. The van der Waals surface area contributed by atoms with Crippen LogP contribution in [0.5, 0.6) is 0 Å². The van der Waals surface area contributed by atoms with Crippen molar-refractivity contribution in [3.63, 3.8) is 0 Å². The number of rotatable bonds is 4. The van der Waals surface area contributed by atoms with Gasteiger partial charge in [-0.05, 0) is 24.3 Å². The molecule has 1 aromatic carbocycles. The molecule has 0 unspecified atom stereocenters. The third-order valence-corrected chi connectivity index (χ3v) is 3.35. The van der Waals surface area contributed by atoms with Gasteiger partial charge in [-0.15, -0.1) is 0 Å². The van der Waals surface area contributed by atoms with E-state index in [1.807, 2.05) is 6.07 Å². The van der Waals surface area contributed by atoms with Crippen molar-refractivity contribution in [3.05, 3.63) is 59.7 Å². The van der Waals surface area contributed by atoms with Gasteiger partial charge < -0.3 is 0 Å². The summed E-state index contributed by atoms with van der Waals surface area (Å²) in [7, 11) is 0. The van der Waals surface area contributed by atoms with Gasteiger partial charge in [0.15, 0.2) is 5.82 Å². The maximum absolute atomic E-state index is 4.57. The second-order valence-corrected chi connectivity index (χ2v) is 4.83. The minimum atomic E-state index is 0.630. The molecule has 2 aromatic rings. The lowest BCUT2D eigenvalue weighted by Crippen LogP contribution is -1.99. The van der Waals surface area contributed by atoms with Crippen molar-refractivity contribution in [2.24, 2.45) is 5.92 Å². The topological polar surface area (TPSA) is 41.6 Å². The van der Waals surface area contributed by atoms with Crippen LogP contribution in [0.25, 0.3) is 0 Å². The molecule has 0 radical (unpaired) electrons. The molecule has 0 aliphatic heterocycles. The first-order valence-corrected chi connectivity index (χ1v) is 6.51. The van der Waals surface area contributed by atoms with Crippen molar-refractivity contribution in [2.75, 3.05) is 0 Å². The lowest BCUT2D eigenvalue weighted by Gasteiger charge is -2.01. The summed E-state index contributed by atoms with van der Waals surface area (Å²) < 4.78 is 0. The zero-order valence-corrected chi connectivity index (χ0v) is 10.3. The van der Waals surface area contributed by atoms with Gasteiger partial charge in [-0.3, -0.25) is 5.10 Å². The molecule has 1 N–H and O–H groups in total. The number of hydrogen-bond donors (Lipinski definition) is 1. The molecule has 1 atom stereocenters. The van der Waals surface area contributed by atoms with Gasteiger partial charge in [0.25, 0.3) is 0 Å². The molecular weight excluding hydrogens is 222 g/mol. The van der Waals surface area contributed by atoms with Crippen molar-refractivity contribution >= 4 is 0 Å². The Balaban J connectivity index is 1.64. The molecule has 0 saturated heterocycles. The maximum Gasteiger partial charge on any atom is 0.151 e. The molecule has 1 heterocycles. The van der Waals surface area contributed by atoms with Crippen LogP contribution < -0.4 is 0 Å². The van der Waals surface area contributed by atoms with Crippen LogP contribution in [0.3, 0.4) is 0 Å². The third kappa shape index (κ3) is 2.67. The van der Waals surface area contributed by atoms with E-state index < -0.39 is 0 Å². The van der Waals surface area contributed by atoms with Crippen molar-refractivity contribution < 1.29 is 0 Å². The smallest absolute Gasteiger partial charge is 0.151 e. The quantitative estimate of drug-likeness (QED) is 0.833. The summed E-state index contributed by atoms with van der Waals surface area (Å²) in [6.45, 7) is 0. The Labute approximate surface area is 107 Å². The van der Waals surface area contributed by atoms with E-state index in [1.54, 1.807) is 0 Å². The average molecular weight is 239 g/mol. The number of aromatic amines is 1. The zero-order valence-electron chi connectivity index (χ0n) is 10.3. The monoisotopic (exact) mass is 239 g/mol. The number of benzene rings is 1. The van der Waals surface area contributed by atoms with Gasteiger partial charge >= 0.3 is 0 Å². The van der Waals surface area contributed by atoms with Gasteiger partial charge in [0.05, 0.1) is 0 Å². The fourth-order valence-electron chi connectivity index (χ4n) is 2.39. The van der Waals surface area contributed by atoms with E-state index in [0.717, 1.165) is 24.5 Å². The Morgan fingerprint density at radius 2 is 2.11 bits per heavy atom. The minimum Gasteiger partial charge on any atom is -0.263 e. The largest absolute Gasteiger partial charge is 0.263 e. The number of nitrogens with zero attached hydrogens (tertiary/aromatic N) is 2. The summed E-state index contributed by atoms with van der Waals surface area (Å²) in [6.07, 6.45) is 8.76. The van der Waals surface area contributed by atoms with Crippen LogP contribution in [-0.4, -0.2) is 15.2 Å². The fraction of sp³-hybridized carbons (Fsp3) is 0.333. The predicted molar refractivity (Wildman–Crippen MR) is 71.2 cm³/mol. The molecule has 18 heavy (non-hydrogen) atoms. The maximum atomic E-state index is 4.57. The lowest BCUT2D eigenvalue weighted by atomic mass is 10.1. The third-order valence-electron chi connectivity index (χ3n) is 3.35. The Morgan fingerprint density at radius 1 is 1.22 bits per heavy atom. The summed E-state index contributed by atoms with van der Waals surface area (Å²) in [6, 6.07) is 10.4. The number of allylic oxidation sites excluding steroid dienone is 2. The first kappa shape index (κ1) is 11.2. The summed E-state index contributed by atoms with van der Waals surface area (Å²) in [5.41, 5.74) is 1.26. The minimum absolute atomic E-state index is 0.630. The normalized spacial score (nSPS) is 18.3. The fourth-order valence-corrected chi connectivity index (χ4v) is 2.39. The molecule has 92 valence electrons. The van der Waals surface area contributed by atoms with E-state index in [4.69, 9.17) is 0 Å². The molecule has 1 aliphatic rings. The molecule has 0 saturated carbocycles. The molecule has 0 fully saturated rings. The van der Waals surface area contributed by atoms with Crippen LogP contribution >= 0.6 is 0 Å². The Hall–Kier alpha value is -1.90. The lowest BCUT2D eigenvalue weighted by molar-refractivity contribution is 0.609. The van der Waals surface area contributed by atoms with Crippen LogP contribution in [0, 0.1) is 5.92 Å². The summed E-state index contributed by atoms with van der Waals surface area (Å²) in [5.74, 6) is 2.53. The first-order chi connectivity index (χ1) is 8.90. The highest BCUT2D eigenvalue weighted by molar-refractivity contribution is 5.18. The first-order valence-electron chi connectivity index (χ1n) is 6.51. The van der Waals surface area contributed by atoms with E-state index in [9.17, 15) is 0 Å². The molecule has 0 spiro atoms.